The maximum Gasteiger partial charge on any atom is 0.152 e. The van der Waals surface area contributed by atoms with Gasteiger partial charge < -0.3 is 16.0 Å². The molecule has 0 amide bonds. The van der Waals surface area contributed by atoms with Crippen molar-refractivity contribution in [2.24, 2.45) is 0 Å². The number of rotatable bonds is 20. The number of nitrogens with one attached hydrogen (secondary N) is 3. The van der Waals surface area contributed by atoms with Crippen LogP contribution in [0.5, 0.6) is 0 Å². The molecule has 0 aliphatic carbocycles. The molecule has 0 aliphatic heterocycles. The van der Waals surface area contributed by atoms with Gasteiger partial charge in [0.25, 0.3) is 0 Å². The van der Waals surface area contributed by atoms with E-state index < -0.39 is 0 Å². The molecule has 33 heavy (non-hydrogen) atoms. The second kappa shape index (κ2) is 19.3. The second-order valence-corrected chi connectivity index (χ2v) is 9.78. The fraction of sp³-hybridized carbons (Fsp3) is 0.536. The van der Waals surface area contributed by atoms with Crippen LogP contribution in [-0.4, -0.2) is 35.9 Å². The van der Waals surface area contributed by atoms with Gasteiger partial charge in [-0.3, -0.25) is 4.79 Å². The van der Waals surface area contributed by atoms with Crippen molar-refractivity contribution in [3.05, 3.63) is 72.8 Å². The lowest BCUT2D eigenvalue weighted by Crippen LogP contribution is -2.43. The van der Waals surface area contributed by atoms with Crippen molar-refractivity contribution >= 4 is 17.5 Å². The molecule has 0 aromatic carbocycles. The molecule has 0 fully saturated rings. The molecule has 0 saturated heterocycles. The molecular weight excluding hydrogens is 426 g/mol. The van der Waals surface area contributed by atoms with Crippen molar-refractivity contribution in [2.45, 2.75) is 78.8 Å². The molecule has 0 rings (SSSR count). The summed E-state index contributed by atoms with van der Waals surface area (Å²) < 4.78 is 0. The smallest absolute Gasteiger partial charge is 0.152 e. The van der Waals surface area contributed by atoms with Gasteiger partial charge in [-0.05, 0) is 79.1 Å². The van der Waals surface area contributed by atoms with Crippen molar-refractivity contribution in [1.29, 1.82) is 0 Å². The summed E-state index contributed by atoms with van der Waals surface area (Å²) in [6.07, 6.45) is 15.5. The van der Waals surface area contributed by atoms with E-state index in [1.165, 1.54) is 16.7 Å². The van der Waals surface area contributed by atoms with Crippen molar-refractivity contribution in [3.63, 3.8) is 0 Å². The molecular formula is C28H47N3OS. The predicted octanol–water partition coefficient (Wildman–Crippen LogP) is 6.42. The molecule has 0 heterocycles. The highest BCUT2D eigenvalue weighted by atomic mass is 32.2. The second-order valence-electron chi connectivity index (χ2n) is 8.70. The summed E-state index contributed by atoms with van der Waals surface area (Å²) in [5.41, 5.74) is 5.06. The van der Waals surface area contributed by atoms with Crippen LogP contribution in [0.15, 0.2) is 72.8 Å². The van der Waals surface area contributed by atoms with Gasteiger partial charge in [-0.25, -0.2) is 0 Å². The van der Waals surface area contributed by atoms with E-state index in [0.29, 0.717) is 5.75 Å². The molecule has 0 radical (unpaired) electrons. The van der Waals surface area contributed by atoms with Crippen molar-refractivity contribution in [1.82, 2.24) is 16.0 Å². The lowest BCUT2D eigenvalue weighted by Gasteiger charge is -2.25. The summed E-state index contributed by atoms with van der Waals surface area (Å²) in [7, 11) is 0. The third-order valence-corrected chi connectivity index (χ3v) is 6.24. The summed E-state index contributed by atoms with van der Waals surface area (Å²) in [5.74, 6) is 1.75. The highest BCUT2D eigenvalue weighted by molar-refractivity contribution is 7.99. The Morgan fingerprint density at radius 3 is 2.12 bits per heavy atom. The van der Waals surface area contributed by atoms with Crippen LogP contribution >= 0.6 is 11.8 Å². The Hall–Kier alpha value is -2.14. The molecule has 0 bridgehead atoms. The average Bonchev–Trinajstić information content (AvgIpc) is 2.74. The third kappa shape index (κ3) is 17.1. The number of hydrogen-bond acceptors (Lipinski definition) is 5. The van der Waals surface area contributed by atoms with E-state index in [2.05, 4.69) is 81.6 Å². The highest BCUT2D eigenvalue weighted by Crippen LogP contribution is 2.14. The number of allylic oxidation sites excluding steroid dienone is 5. The van der Waals surface area contributed by atoms with E-state index in [1.54, 1.807) is 31.1 Å². The quantitative estimate of drug-likeness (QED) is 0.141. The van der Waals surface area contributed by atoms with Gasteiger partial charge in [-0.15, -0.1) is 0 Å². The van der Waals surface area contributed by atoms with Gasteiger partial charge in [0.05, 0.1) is 12.1 Å². The molecule has 0 saturated carbocycles. The fourth-order valence-electron chi connectivity index (χ4n) is 3.14. The van der Waals surface area contributed by atoms with Gasteiger partial charge >= 0.3 is 0 Å². The van der Waals surface area contributed by atoms with E-state index in [0.717, 1.165) is 50.1 Å². The van der Waals surface area contributed by atoms with E-state index in [9.17, 15) is 4.79 Å². The van der Waals surface area contributed by atoms with Gasteiger partial charge in [-0.1, -0.05) is 54.7 Å². The molecule has 0 spiro atoms. The Labute approximate surface area is 207 Å². The number of carbonyl (C=O) groups excluding carboxylic acids is 1. The van der Waals surface area contributed by atoms with Crippen LogP contribution in [0.2, 0.25) is 0 Å². The number of Topliss-reactive ketones (excluding diaryl/α,β-unsaturated/α-hetero) is 1. The molecule has 4 nitrogen and oxygen atoms in total. The van der Waals surface area contributed by atoms with Crippen LogP contribution in [0.1, 0.15) is 66.7 Å². The molecule has 2 unspecified atom stereocenters. The maximum absolute atomic E-state index is 12.2. The minimum absolute atomic E-state index is 0.00229. The molecule has 0 aromatic rings. The predicted molar refractivity (Wildman–Crippen MR) is 149 cm³/mol. The standard InChI is InChI=1S/C28H47N3OS/c1-9-29-19-17-27(30-10-2)25(7)31-28(26(8)32)21-33-20-18-24(6)16-12-15-23(5)14-11-13-22(3)4/h9-10,13,15,18,27-31H,1-2,7,11-12,14,16-17,19-21H2,3-6,8H3/b23-15+,24-18+. The molecule has 2 atom stereocenters. The zero-order valence-electron chi connectivity index (χ0n) is 21.6. The van der Waals surface area contributed by atoms with Crippen LogP contribution in [0, 0.1) is 0 Å². The van der Waals surface area contributed by atoms with Gasteiger partial charge in [0, 0.05) is 23.7 Å². The van der Waals surface area contributed by atoms with Gasteiger partial charge in [0.15, 0.2) is 5.78 Å². The van der Waals surface area contributed by atoms with Crippen LogP contribution in [0.25, 0.3) is 0 Å². The molecule has 5 heteroatoms. The molecule has 0 aromatic heterocycles. The van der Waals surface area contributed by atoms with Gasteiger partial charge in [-0.2, -0.15) is 11.8 Å². The first-order valence-electron chi connectivity index (χ1n) is 11.9. The summed E-state index contributed by atoms with van der Waals surface area (Å²) in [4.78, 5) is 12.2. The Morgan fingerprint density at radius 1 is 0.909 bits per heavy atom. The first-order chi connectivity index (χ1) is 15.7. The first-order valence-corrected chi connectivity index (χ1v) is 13.1. The number of carbonyl (C=O) groups is 1. The minimum atomic E-state index is -0.246. The number of thioether (sulfide) groups is 1. The fourth-order valence-corrected chi connectivity index (χ4v) is 4.23. The normalized spacial score (nSPS) is 13.5. The maximum atomic E-state index is 12.2. The zero-order valence-corrected chi connectivity index (χ0v) is 22.5. The Bertz CT molecular complexity index is 702. The van der Waals surface area contributed by atoms with E-state index in [1.807, 2.05) is 0 Å². The van der Waals surface area contributed by atoms with E-state index in [4.69, 9.17) is 0 Å². The summed E-state index contributed by atoms with van der Waals surface area (Å²) >= 11 is 1.77. The van der Waals surface area contributed by atoms with Crippen LogP contribution < -0.4 is 16.0 Å². The van der Waals surface area contributed by atoms with Crippen LogP contribution in [-0.2, 0) is 4.79 Å². The molecule has 3 N–H and O–H groups in total. The van der Waals surface area contributed by atoms with Gasteiger partial charge in [0.1, 0.15) is 0 Å². The van der Waals surface area contributed by atoms with Crippen LogP contribution in [0.4, 0.5) is 0 Å². The van der Waals surface area contributed by atoms with Gasteiger partial charge in [0.2, 0.25) is 0 Å². The minimum Gasteiger partial charge on any atom is -0.391 e. The Morgan fingerprint density at radius 2 is 1.55 bits per heavy atom. The van der Waals surface area contributed by atoms with E-state index >= 15 is 0 Å². The SMILES string of the molecule is C=CNCCC(NC=C)C(=C)NC(CSC/C=C(\C)CC/C=C(\C)CCC=C(C)C)C(C)=O. The van der Waals surface area contributed by atoms with Crippen LogP contribution in [0.3, 0.4) is 0 Å². The lowest BCUT2D eigenvalue weighted by atomic mass is 10.1. The first kappa shape index (κ1) is 30.9. The topological polar surface area (TPSA) is 53.2 Å². The summed E-state index contributed by atoms with van der Waals surface area (Å²) in [6.45, 7) is 22.7. The average molecular weight is 474 g/mol. The van der Waals surface area contributed by atoms with Crippen molar-refractivity contribution in [2.75, 3.05) is 18.1 Å². The van der Waals surface area contributed by atoms with E-state index in [-0.39, 0.29) is 17.9 Å². The Kier molecular flexibility index (Phi) is 18.1. The lowest BCUT2D eigenvalue weighted by molar-refractivity contribution is -0.118. The Balaban J connectivity index is 4.47. The van der Waals surface area contributed by atoms with Crippen molar-refractivity contribution < 1.29 is 4.79 Å². The number of ketones is 1. The zero-order chi connectivity index (χ0) is 25.1. The highest BCUT2D eigenvalue weighted by Gasteiger charge is 2.18. The monoisotopic (exact) mass is 473 g/mol. The molecule has 0 aliphatic rings. The third-order valence-electron chi connectivity index (χ3n) is 5.27. The molecule has 186 valence electrons. The number of hydrogen-bond donors (Lipinski definition) is 3. The van der Waals surface area contributed by atoms with Crippen molar-refractivity contribution in [3.8, 4) is 0 Å². The largest absolute Gasteiger partial charge is 0.391 e. The summed E-state index contributed by atoms with van der Waals surface area (Å²) in [6, 6.07) is -0.244. The summed E-state index contributed by atoms with van der Waals surface area (Å²) in [5, 5.41) is 9.62.